The third kappa shape index (κ3) is 11.5. The standard InChI is InChI=1S/C14H28N2O5S3/c17-10-8-16(9-12-24(19,20)21)7-6-15-14(18)4-2-1-3-13-5-11-22-23-13/h13,17H,1-12H2,(H,15,18)(H,19,20,21). The number of nitrogens with one attached hydrogen (secondary N) is 1. The average molecular weight is 401 g/mol. The first-order valence-electron chi connectivity index (χ1n) is 8.24. The molecule has 1 amide bonds. The summed E-state index contributed by atoms with van der Waals surface area (Å²) in [5, 5.41) is 12.5. The lowest BCUT2D eigenvalue weighted by atomic mass is 10.1. The minimum absolute atomic E-state index is 0.00202. The van der Waals surface area contributed by atoms with E-state index in [9.17, 15) is 13.2 Å². The molecule has 1 fully saturated rings. The van der Waals surface area contributed by atoms with Crippen LogP contribution in [0.2, 0.25) is 0 Å². The molecule has 7 nitrogen and oxygen atoms in total. The second-order valence-electron chi connectivity index (χ2n) is 5.78. The van der Waals surface area contributed by atoms with E-state index in [1.165, 1.54) is 18.6 Å². The second-order valence-corrected chi connectivity index (χ2v) is 10.1. The molecule has 0 aromatic heterocycles. The van der Waals surface area contributed by atoms with Crippen molar-refractivity contribution in [2.75, 3.05) is 44.3 Å². The average Bonchev–Trinajstić information content (AvgIpc) is 3.02. The molecular weight excluding hydrogens is 372 g/mol. The van der Waals surface area contributed by atoms with E-state index in [1.54, 1.807) is 4.90 Å². The highest BCUT2D eigenvalue weighted by Crippen LogP contribution is 2.39. The number of carbonyl (C=O) groups excluding carboxylic acids is 1. The number of aliphatic hydroxyl groups excluding tert-OH is 1. The van der Waals surface area contributed by atoms with Crippen molar-refractivity contribution in [3.05, 3.63) is 0 Å². The van der Waals surface area contributed by atoms with Crippen molar-refractivity contribution in [2.24, 2.45) is 0 Å². The maximum absolute atomic E-state index is 11.8. The van der Waals surface area contributed by atoms with Gasteiger partial charge in [-0.1, -0.05) is 28.0 Å². The Morgan fingerprint density at radius 1 is 1.25 bits per heavy atom. The van der Waals surface area contributed by atoms with Crippen LogP contribution in [-0.4, -0.2) is 78.4 Å². The fraction of sp³-hybridized carbons (Fsp3) is 0.929. The number of amides is 1. The molecular formula is C14H28N2O5S3. The molecule has 1 rings (SSSR count). The molecule has 1 heterocycles. The third-order valence-electron chi connectivity index (χ3n) is 3.74. The fourth-order valence-electron chi connectivity index (χ4n) is 2.39. The minimum atomic E-state index is -4.01. The monoisotopic (exact) mass is 400 g/mol. The molecule has 24 heavy (non-hydrogen) atoms. The van der Waals surface area contributed by atoms with Crippen LogP contribution < -0.4 is 5.32 Å². The summed E-state index contributed by atoms with van der Waals surface area (Å²) in [7, 11) is -0.125. The maximum atomic E-state index is 11.8. The van der Waals surface area contributed by atoms with Crippen molar-refractivity contribution in [3.63, 3.8) is 0 Å². The summed E-state index contributed by atoms with van der Waals surface area (Å²) >= 11 is 0. The number of rotatable bonds is 13. The number of carbonyl (C=O) groups is 1. The van der Waals surface area contributed by atoms with E-state index >= 15 is 0 Å². The number of aliphatic hydroxyl groups is 1. The van der Waals surface area contributed by atoms with Gasteiger partial charge in [0.1, 0.15) is 0 Å². The molecule has 10 heteroatoms. The molecule has 0 aromatic carbocycles. The van der Waals surface area contributed by atoms with Crippen LogP contribution in [0.5, 0.6) is 0 Å². The van der Waals surface area contributed by atoms with Gasteiger partial charge >= 0.3 is 0 Å². The molecule has 1 aliphatic rings. The maximum Gasteiger partial charge on any atom is 0.266 e. The van der Waals surface area contributed by atoms with Crippen LogP contribution in [0.1, 0.15) is 32.1 Å². The predicted octanol–water partition coefficient (Wildman–Crippen LogP) is 0.999. The number of hydrogen-bond acceptors (Lipinski definition) is 7. The fourth-order valence-corrected chi connectivity index (χ4v) is 5.90. The molecule has 1 saturated heterocycles. The Balaban J connectivity index is 2.08. The lowest BCUT2D eigenvalue weighted by molar-refractivity contribution is -0.121. The molecule has 0 bridgehead atoms. The van der Waals surface area contributed by atoms with Crippen molar-refractivity contribution in [1.82, 2.24) is 10.2 Å². The lowest BCUT2D eigenvalue weighted by Gasteiger charge is -2.20. The molecule has 1 atom stereocenters. The predicted molar refractivity (Wildman–Crippen MR) is 99.9 cm³/mol. The highest BCUT2D eigenvalue weighted by atomic mass is 33.1. The van der Waals surface area contributed by atoms with Crippen molar-refractivity contribution in [3.8, 4) is 0 Å². The first-order valence-corrected chi connectivity index (χ1v) is 12.2. The van der Waals surface area contributed by atoms with Gasteiger partial charge in [-0.15, -0.1) is 0 Å². The van der Waals surface area contributed by atoms with Gasteiger partial charge in [0.05, 0.1) is 12.4 Å². The van der Waals surface area contributed by atoms with Crippen LogP contribution in [0, 0.1) is 0 Å². The van der Waals surface area contributed by atoms with Crippen molar-refractivity contribution in [2.45, 2.75) is 37.4 Å². The molecule has 0 aliphatic carbocycles. The van der Waals surface area contributed by atoms with Crippen LogP contribution in [-0.2, 0) is 14.9 Å². The topological polar surface area (TPSA) is 107 Å². The van der Waals surface area contributed by atoms with Gasteiger partial charge < -0.3 is 10.4 Å². The molecule has 0 aromatic rings. The van der Waals surface area contributed by atoms with E-state index < -0.39 is 10.1 Å². The summed E-state index contributed by atoms with van der Waals surface area (Å²) in [5.41, 5.74) is 0. The zero-order valence-electron chi connectivity index (χ0n) is 13.9. The van der Waals surface area contributed by atoms with Crippen molar-refractivity contribution < 1.29 is 22.9 Å². The number of nitrogens with zero attached hydrogens (tertiary/aromatic N) is 1. The van der Waals surface area contributed by atoms with E-state index in [1.807, 2.05) is 21.6 Å². The zero-order chi connectivity index (χ0) is 17.8. The molecule has 0 saturated carbocycles. The Kier molecular flexibility index (Phi) is 11.4. The summed E-state index contributed by atoms with van der Waals surface area (Å²) < 4.78 is 30.3. The highest BCUT2D eigenvalue weighted by Gasteiger charge is 2.16. The van der Waals surface area contributed by atoms with E-state index in [4.69, 9.17) is 9.66 Å². The van der Waals surface area contributed by atoms with E-state index in [2.05, 4.69) is 5.32 Å². The van der Waals surface area contributed by atoms with Gasteiger partial charge in [-0.2, -0.15) is 8.42 Å². The Morgan fingerprint density at radius 3 is 2.67 bits per heavy atom. The van der Waals surface area contributed by atoms with Gasteiger partial charge in [0, 0.05) is 43.6 Å². The molecule has 3 N–H and O–H groups in total. The number of hydrogen-bond donors (Lipinski definition) is 3. The summed E-state index contributed by atoms with van der Waals surface area (Å²) in [6.45, 7) is 1.18. The van der Waals surface area contributed by atoms with E-state index in [-0.39, 0.29) is 24.8 Å². The normalized spacial score (nSPS) is 18.2. The summed E-state index contributed by atoms with van der Waals surface area (Å²) in [6.07, 6.45) is 4.90. The largest absolute Gasteiger partial charge is 0.395 e. The van der Waals surface area contributed by atoms with Crippen LogP contribution in [0.25, 0.3) is 0 Å². The van der Waals surface area contributed by atoms with Gasteiger partial charge in [0.2, 0.25) is 5.91 Å². The highest BCUT2D eigenvalue weighted by molar-refractivity contribution is 8.77. The van der Waals surface area contributed by atoms with Gasteiger partial charge in [-0.3, -0.25) is 14.2 Å². The van der Waals surface area contributed by atoms with Crippen LogP contribution in [0.3, 0.4) is 0 Å². The van der Waals surface area contributed by atoms with Crippen molar-refractivity contribution in [1.29, 1.82) is 0 Å². The summed E-state index contributed by atoms with van der Waals surface area (Å²) in [6, 6.07) is 0. The summed E-state index contributed by atoms with van der Waals surface area (Å²) in [4.78, 5) is 13.5. The third-order valence-corrected chi connectivity index (χ3v) is 7.44. The Morgan fingerprint density at radius 2 is 2.04 bits per heavy atom. The quantitative estimate of drug-likeness (QED) is 0.239. The molecule has 1 unspecified atom stereocenters. The zero-order valence-corrected chi connectivity index (χ0v) is 16.3. The Bertz CT molecular complexity index is 455. The van der Waals surface area contributed by atoms with Gasteiger partial charge in [-0.25, -0.2) is 0 Å². The minimum Gasteiger partial charge on any atom is -0.395 e. The van der Waals surface area contributed by atoms with E-state index in [0.717, 1.165) is 18.1 Å². The van der Waals surface area contributed by atoms with Crippen molar-refractivity contribution >= 4 is 37.6 Å². The first kappa shape index (κ1) is 22.0. The smallest absolute Gasteiger partial charge is 0.266 e. The molecule has 1 aliphatic heterocycles. The Hall–Kier alpha value is -0.000000000000000132. The molecule has 0 radical (unpaired) electrons. The van der Waals surface area contributed by atoms with Crippen LogP contribution in [0.15, 0.2) is 0 Å². The second kappa shape index (κ2) is 12.4. The van der Waals surface area contributed by atoms with Crippen LogP contribution >= 0.6 is 21.6 Å². The van der Waals surface area contributed by atoms with Gasteiger partial charge in [0.25, 0.3) is 10.1 Å². The lowest BCUT2D eigenvalue weighted by Crippen LogP contribution is -2.38. The Labute approximate surface area is 152 Å². The van der Waals surface area contributed by atoms with E-state index in [0.29, 0.717) is 26.1 Å². The summed E-state index contributed by atoms with van der Waals surface area (Å²) in [5.74, 6) is 0.859. The molecule has 142 valence electrons. The SMILES string of the molecule is O=C(CCCCC1CCSS1)NCCN(CCO)CCS(=O)(=O)O. The van der Waals surface area contributed by atoms with Gasteiger partial charge in [0.15, 0.2) is 0 Å². The molecule has 0 spiro atoms. The first-order chi connectivity index (χ1) is 11.4. The van der Waals surface area contributed by atoms with Gasteiger partial charge in [-0.05, 0) is 19.3 Å². The number of unbranched alkanes of at least 4 members (excludes halogenated alkanes) is 1. The van der Waals surface area contributed by atoms with Crippen LogP contribution in [0.4, 0.5) is 0 Å².